The van der Waals surface area contributed by atoms with Crippen LogP contribution in [0.25, 0.3) is 0 Å². The summed E-state index contributed by atoms with van der Waals surface area (Å²) in [6, 6.07) is 0. The Kier molecular flexibility index (Phi) is 14.6. The van der Waals surface area contributed by atoms with E-state index in [1.165, 1.54) is 11.1 Å². The smallest absolute Gasteiger partial charge is 0.392 e. The van der Waals surface area contributed by atoms with Gasteiger partial charge < -0.3 is 19.8 Å². The molecule has 0 aromatic heterocycles. The van der Waals surface area contributed by atoms with Gasteiger partial charge in [-0.3, -0.25) is 4.52 Å². The summed E-state index contributed by atoms with van der Waals surface area (Å²) in [5.74, 6) is 0. The first-order chi connectivity index (χ1) is 13.8. The highest BCUT2D eigenvalue weighted by molar-refractivity contribution is 7.60. The van der Waals surface area contributed by atoms with Gasteiger partial charge in [0.1, 0.15) is 0 Å². The van der Waals surface area contributed by atoms with Crippen molar-refractivity contribution in [3.05, 3.63) is 46.6 Å². The highest BCUT2D eigenvalue weighted by Gasteiger charge is 2.31. The average molecular weight is 466 g/mol. The number of phosphoric acid groups is 2. The largest absolute Gasteiger partial charge is 0.481 e. The zero-order chi connectivity index (χ0) is 23.2. The summed E-state index contributed by atoms with van der Waals surface area (Å²) in [6.45, 7) is 7.80. The van der Waals surface area contributed by atoms with Crippen molar-refractivity contribution >= 4 is 15.6 Å². The van der Waals surface area contributed by atoms with Gasteiger partial charge >= 0.3 is 15.6 Å². The third-order valence-electron chi connectivity index (χ3n) is 4.22. The molecule has 0 aromatic rings. The van der Waals surface area contributed by atoms with Gasteiger partial charge in [0.15, 0.2) is 0 Å². The standard InChI is InChI=1S/C20H36O8P2/c1-17(8-5-9-18(2)11-7-13-20(4)16-21)10-6-12-19(3)14-15-27-30(25,26)28-29(22,23)24/h9-10,13-14,21H,5-8,11-12,15-16H2,1-4H3,(H,25,26)(H2,22,23,24)/b17-10+,18-9+,19-14+,20-13+. The Bertz CT molecular complexity index is 731. The number of hydrogen-bond acceptors (Lipinski definition) is 5. The second-order valence-corrected chi connectivity index (χ2v) is 10.1. The molecule has 0 saturated heterocycles. The maximum absolute atomic E-state index is 11.3. The predicted octanol–water partition coefficient (Wildman–Crippen LogP) is 5.33. The van der Waals surface area contributed by atoms with E-state index in [0.717, 1.165) is 49.7 Å². The van der Waals surface area contributed by atoms with Gasteiger partial charge in [0.25, 0.3) is 0 Å². The fourth-order valence-corrected chi connectivity index (χ4v) is 3.97. The first kappa shape index (κ1) is 29.2. The van der Waals surface area contributed by atoms with E-state index in [2.05, 4.69) is 40.9 Å². The molecule has 0 aliphatic rings. The van der Waals surface area contributed by atoms with E-state index in [0.29, 0.717) is 0 Å². The van der Waals surface area contributed by atoms with E-state index >= 15 is 0 Å². The van der Waals surface area contributed by atoms with E-state index in [4.69, 9.17) is 14.9 Å². The Hall–Kier alpha value is -0.820. The van der Waals surface area contributed by atoms with Crippen molar-refractivity contribution in [2.45, 2.75) is 66.2 Å². The minimum absolute atomic E-state index is 0.113. The molecule has 8 nitrogen and oxygen atoms in total. The van der Waals surface area contributed by atoms with Crippen LogP contribution in [-0.4, -0.2) is 33.0 Å². The van der Waals surface area contributed by atoms with Crippen LogP contribution in [0.5, 0.6) is 0 Å². The Balaban J connectivity index is 4.21. The number of phosphoric ester groups is 1. The molecule has 0 radical (unpaired) electrons. The van der Waals surface area contributed by atoms with Crippen molar-refractivity contribution in [2.75, 3.05) is 13.2 Å². The summed E-state index contributed by atoms with van der Waals surface area (Å²) in [5.41, 5.74) is 4.55. The van der Waals surface area contributed by atoms with Crippen LogP contribution in [0, 0.1) is 0 Å². The van der Waals surface area contributed by atoms with Gasteiger partial charge in [-0.1, -0.05) is 46.6 Å². The summed E-state index contributed by atoms with van der Waals surface area (Å²) in [7, 11) is -9.88. The normalized spacial score (nSPS) is 16.7. The lowest BCUT2D eigenvalue weighted by Crippen LogP contribution is -1.94. The van der Waals surface area contributed by atoms with E-state index in [1.54, 1.807) is 6.08 Å². The molecule has 0 aromatic carbocycles. The predicted molar refractivity (Wildman–Crippen MR) is 119 cm³/mol. The lowest BCUT2D eigenvalue weighted by Gasteiger charge is -2.11. The summed E-state index contributed by atoms with van der Waals surface area (Å²) < 4.78 is 30.1. The summed E-state index contributed by atoms with van der Waals surface area (Å²) in [6.07, 6.45) is 13.5. The molecule has 0 heterocycles. The third kappa shape index (κ3) is 18.0. The van der Waals surface area contributed by atoms with Gasteiger partial charge in [0.05, 0.1) is 13.2 Å². The summed E-state index contributed by atoms with van der Waals surface area (Å²) in [4.78, 5) is 26.2. The Morgan fingerprint density at radius 2 is 1.13 bits per heavy atom. The van der Waals surface area contributed by atoms with Gasteiger partial charge in [-0.2, -0.15) is 4.31 Å². The molecule has 30 heavy (non-hydrogen) atoms. The molecule has 0 amide bonds. The Morgan fingerprint density at radius 1 is 0.733 bits per heavy atom. The van der Waals surface area contributed by atoms with Gasteiger partial charge in [-0.15, -0.1) is 0 Å². The molecule has 0 spiro atoms. The van der Waals surface area contributed by atoms with E-state index in [-0.39, 0.29) is 13.2 Å². The van der Waals surface area contributed by atoms with Crippen molar-refractivity contribution in [3.63, 3.8) is 0 Å². The van der Waals surface area contributed by atoms with E-state index in [1.807, 2.05) is 13.8 Å². The molecule has 1 unspecified atom stereocenters. The maximum atomic E-state index is 11.3. The lowest BCUT2D eigenvalue weighted by atomic mass is 10.0. The van der Waals surface area contributed by atoms with Crippen LogP contribution in [0.2, 0.25) is 0 Å². The van der Waals surface area contributed by atoms with Crippen molar-refractivity contribution < 1.29 is 37.8 Å². The van der Waals surface area contributed by atoms with Crippen LogP contribution in [0.3, 0.4) is 0 Å². The van der Waals surface area contributed by atoms with Crippen molar-refractivity contribution in [3.8, 4) is 0 Å². The van der Waals surface area contributed by atoms with Crippen LogP contribution in [0.1, 0.15) is 66.2 Å². The van der Waals surface area contributed by atoms with Crippen LogP contribution in [-0.2, 0) is 18.0 Å². The van der Waals surface area contributed by atoms with Crippen LogP contribution >= 0.6 is 15.6 Å². The number of allylic oxidation sites excluding steroid dienone is 6. The zero-order valence-electron chi connectivity index (χ0n) is 18.3. The molecule has 0 aliphatic heterocycles. The number of aliphatic hydroxyl groups is 1. The lowest BCUT2D eigenvalue weighted by molar-refractivity contribution is 0.191. The van der Waals surface area contributed by atoms with Crippen molar-refractivity contribution in [1.82, 2.24) is 0 Å². The minimum atomic E-state index is -5.09. The molecule has 0 saturated carbocycles. The van der Waals surface area contributed by atoms with Crippen molar-refractivity contribution in [2.24, 2.45) is 0 Å². The fourth-order valence-electron chi connectivity index (χ4n) is 2.44. The quantitative estimate of drug-likeness (QED) is 0.188. The SMILES string of the molecule is C/C(=C\CC/C(C)=C/CC/C(C)=C/CC/C(C)=C/COP(=O)(O)OP(=O)(O)O)CO. The Morgan fingerprint density at radius 3 is 1.53 bits per heavy atom. The first-order valence-corrected chi connectivity index (χ1v) is 12.8. The van der Waals surface area contributed by atoms with Crippen LogP contribution in [0.15, 0.2) is 46.6 Å². The average Bonchev–Trinajstić information content (AvgIpc) is 2.59. The van der Waals surface area contributed by atoms with Crippen LogP contribution < -0.4 is 0 Å². The van der Waals surface area contributed by atoms with Gasteiger partial charge in [-0.25, -0.2) is 9.13 Å². The van der Waals surface area contributed by atoms with Gasteiger partial charge in [0.2, 0.25) is 0 Å². The number of aliphatic hydroxyl groups excluding tert-OH is 1. The second-order valence-electron chi connectivity index (χ2n) is 7.31. The van der Waals surface area contributed by atoms with Crippen LogP contribution in [0.4, 0.5) is 0 Å². The van der Waals surface area contributed by atoms with Gasteiger partial charge in [-0.05, 0) is 66.2 Å². The maximum Gasteiger partial charge on any atom is 0.481 e. The molecular formula is C20H36O8P2. The molecule has 1 atom stereocenters. The summed E-state index contributed by atoms with van der Waals surface area (Å²) >= 11 is 0. The van der Waals surface area contributed by atoms with E-state index < -0.39 is 15.6 Å². The topological polar surface area (TPSA) is 134 Å². The molecule has 0 rings (SSSR count). The molecule has 10 heteroatoms. The highest BCUT2D eigenvalue weighted by atomic mass is 31.3. The zero-order valence-corrected chi connectivity index (χ0v) is 20.1. The van der Waals surface area contributed by atoms with Gasteiger partial charge in [0, 0.05) is 0 Å². The molecule has 0 aliphatic carbocycles. The fraction of sp³-hybridized carbons (Fsp3) is 0.600. The monoisotopic (exact) mass is 466 g/mol. The molecule has 174 valence electrons. The minimum Gasteiger partial charge on any atom is -0.392 e. The molecule has 0 fully saturated rings. The third-order valence-corrected chi connectivity index (χ3v) is 6.37. The first-order valence-electron chi connectivity index (χ1n) is 9.82. The van der Waals surface area contributed by atoms with E-state index in [9.17, 15) is 14.0 Å². The summed E-state index contributed by atoms with van der Waals surface area (Å²) in [5, 5.41) is 8.97. The molecule has 0 bridgehead atoms. The molecule has 4 N–H and O–H groups in total. The molecular weight excluding hydrogens is 430 g/mol. The second kappa shape index (κ2) is 15.1. The number of hydrogen-bond donors (Lipinski definition) is 4. The highest BCUT2D eigenvalue weighted by Crippen LogP contribution is 2.57. The number of rotatable bonds is 15. The van der Waals surface area contributed by atoms with Crippen molar-refractivity contribution in [1.29, 1.82) is 0 Å². The Labute approximate surface area is 179 Å².